The van der Waals surface area contributed by atoms with Gasteiger partial charge >= 0.3 is 0 Å². The number of rotatable bonds is 4. The van der Waals surface area contributed by atoms with Gasteiger partial charge in [0.2, 0.25) is 0 Å². The second-order valence-electron chi connectivity index (χ2n) is 5.15. The maximum absolute atomic E-state index is 5.97. The lowest BCUT2D eigenvalue weighted by Crippen LogP contribution is -2.30. The van der Waals surface area contributed by atoms with E-state index in [0.717, 1.165) is 24.2 Å². The van der Waals surface area contributed by atoms with Gasteiger partial charge in [0.05, 0.1) is 0 Å². The Morgan fingerprint density at radius 2 is 1.83 bits per heavy atom. The van der Waals surface area contributed by atoms with Crippen molar-refractivity contribution in [3.63, 3.8) is 0 Å². The largest absolute Gasteiger partial charge is 0.362 e. The van der Waals surface area contributed by atoms with Crippen LogP contribution in [0.25, 0.3) is 10.9 Å². The predicted octanol–water partition coefficient (Wildman–Crippen LogP) is 5.00. The topological polar surface area (TPSA) is 39.9 Å². The molecule has 0 saturated heterocycles. The standard InChI is InChI=1S/C17H15Cl2N3S/c18-12-7-13(19)9-14(8-12)22-17(23)20-6-5-11-10-21-16-4-2-1-3-15(11)16/h1-4,7-10,21H,5-6H2,(H2,20,22,23). The highest BCUT2D eigenvalue weighted by Crippen LogP contribution is 2.22. The third kappa shape index (κ3) is 4.16. The lowest BCUT2D eigenvalue weighted by molar-refractivity contribution is 0.878. The van der Waals surface area contributed by atoms with Crippen molar-refractivity contribution in [3.8, 4) is 0 Å². The van der Waals surface area contributed by atoms with Gasteiger partial charge in [0.1, 0.15) is 0 Å². The number of para-hydroxylation sites is 1. The quantitative estimate of drug-likeness (QED) is 0.571. The smallest absolute Gasteiger partial charge is 0.170 e. The molecule has 0 aliphatic heterocycles. The van der Waals surface area contributed by atoms with E-state index in [1.165, 1.54) is 10.9 Å². The minimum absolute atomic E-state index is 0.545. The minimum atomic E-state index is 0.545. The Labute approximate surface area is 150 Å². The van der Waals surface area contributed by atoms with E-state index in [9.17, 15) is 0 Å². The Hall–Kier alpha value is -1.75. The van der Waals surface area contributed by atoms with E-state index in [0.29, 0.717) is 15.2 Å². The maximum atomic E-state index is 5.97. The number of aromatic amines is 1. The zero-order chi connectivity index (χ0) is 16.2. The first-order valence-corrected chi connectivity index (χ1v) is 8.34. The van der Waals surface area contributed by atoms with Crippen molar-refractivity contribution < 1.29 is 0 Å². The zero-order valence-corrected chi connectivity index (χ0v) is 14.5. The van der Waals surface area contributed by atoms with E-state index >= 15 is 0 Å². The van der Waals surface area contributed by atoms with Gasteiger partial charge in [-0.3, -0.25) is 0 Å². The number of benzene rings is 2. The number of hydrogen-bond acceptors (Lipinski definition) is 1. The van der Waals surface area contributed by atoms with Crippen LogP contribution in [0.4, 0.5) is 5.69 Å². The molecule has 0 bridgehead atoms. The van der Waals surface area contributed by atoms with E-state index in [-0.39, 0.29) is 0 Å². The van der Waals surface area contributed by atoms with Crippen LogP contribution in [-0.2, 0) is 6.42 Å². The SMILES string of the molecule is S=C(NCCc1c[nH]c2ccccc12)Nc1cc(Cl)cc(Cl)c1. The van der Waals surface area contributed by atoms with Crippen LogP contribution in [0.5, 0.6) is 0 Å². The fraction of sp³-hybridized carbons (Fsp3) is 0.118. The molecule has 3 nitrogen and oxygen atoms in total. The Morgan fingerprint density at radius 1 is 1.09 bits per heavy atom. The molecule has 0 atom stereocenters. The molecule has 1 aromatic heterocycles. The summed E-state index contributed by atoms with van der Waals surface area (Å²) in [5, 5.41) is 9.21. The molecule has 0 aliphatic rings. The molecule has 6 heteroatoms. The molecule has 3 N–H and O–H groups in total. The van der Waals surface area contributed by atoms with E-state index < -0.39 is 0 Å². The number of anilines is 1. The average Bonchev–Trinajstić information content (AvgIpc) is 2.90. The number of thiocarbonyl (C=S) groups is 1. The molecule has 0 spiro atoms. The van der Waals surface area contributed by atoms with Gasteiger partial charge in [-0.25, -0.2) is 0 Å². The number of hydrogen-bond donors (Lipinski definition) is 3. The molecular formula is C17H15Cl2N3S. The van der Waals surface area contributed by atoms with Gasteiger partial charge < -0.3 is 15.6 Å². The van der Waals surface area contributed by atoms with Gasteiger partial charge in [0.25, 0.3) is 0 Å². The Morgan fingerprint density at radius 3 is 2.61 bits per heavy atom. The second-order valence-corrected chi connectivity index (χ2v) is 6.43. The molecular weight excluding hydrogens is 349 g/mol. The molecule has 118 valence electrons. The fourth-order valence-electron chi connectivity index (χ4n) is 2.45. The number of H-pyrrole nitrogens is 1. The summed E-state index contributed by atoms with van der Waals surface area (Å²) in [6.45, 7) is 0.738. The first-order valence-electron chi connectivity index (χ1n) is 7.18. The van der Waals surface area contributed by atoms with Gasteiger partial charge in [-0.2, -0.15) is 0 Å². The summed E-state index contributed by atoms with van der Waals surface area (Å²) in [6.07, 6.45) is 2.92. The summed E-state index contributed by atoms with van der Waals surface area (Å²) >= 11 is 17.2. The Kier molecular flexibility index (Phi) is 5.06. The third-order valence-corrected chi connectivity index (χ3v) is 4.16. The molecule has 0 amide bonds. The van der Waals surface area contributed by atoms with Crippen molar-refractivity contribution in [1.82, 2.24) is 10.3 Å². The van der Waals surface area contributed by atoms with Crippen molar-refractivity contribution in [2.75, 3.05) is 11.9 Å². The maximum Gasteiger partial charge on any atom is 0.170 e. The number of nitrogens with one attached hydrogen (secondary N) is 3. The third-order valence-electron chi connectivity index (χ3n) is 3.48. The molecule has 1 heterocycles. The molecule has 2 aromatic carbocycles. The van der Waals surface area contributed by atoms with E-state index in [4.69, 9.17) is 35.4 Å². The highest BCUT2D eigenvalue weighted by atomic mass is 35.5. The van der Waals surface area contributed by atoms with Crippen LogP contribution in [0, 0.1) is 0 Å². The van der Waals surface area contributed by atoms with E-state index in [1.54, 1.807) is 18.2 Å². The van der Waals surface area contributed by atoms with Crippen LogP contribution in [0.3, 0.4) is 0 Å². The van der Waals surface area contributed by atoms with Gasteiger partial charge in [-0.15, -0.1) is 0 Å². The fourth-order valence-corrected chi connectivity index (χ4v) is 3.20. The summed E-state index contributed by atoms with van der Waals surface area (Å²) in [7, 11) is 0. The van der Waals surface area contributed by atoms with Crippen molar-refractivity contribution in [2.24, 2.45) is 0 Å². The lowest BCUT2D eigenvalue weighted by Gasteiger charge is -2.11. The predicted molar refractivity (Wildman–Crippen MR) is 103 cm³/mol. The molecule has 0 fully saturated rings. The second kappa shape index (κ2) is 7.21. The molecule has 0 unspecified atom stereocenters. The summed E-state index contributed by atoms with van der Waals surface area (Å²) in [6, 6.07) is 13.5. The van der Waals surface area contributed by atoms with Crippen LogP contribution in [0.1, 0.15) is 5.56 Å². The number of aromatic nitrogens is 1. The Bertz CT molecular complexity index is 824. The summed E-state index contributed by atoms with van der Waals surface area (Å²) in [5.41, 5.74) is 3.19. The molecule has 0 radical (unpaired) electrons. The molecule has 23 heavy (non-hydrogen) atoms. The molecule has 3 aromatic rings. The van der Waals surface area contributed by atoms with E-state index in [2.05, 4.69) is 27.8 Å². The normalized spacial score (nSPS) is 10.7. The van der Waals surface area contributed by atoms with Crippen LogP contribution in [0.15, 0.2) is 48.7 Å². The monoisotopic (exact) mass is 363 g/mol. The van der Waals surface area contributed by atoms with Crippen molar-refractivity contribution in [3.05, 3.63) is 64.3 Å². The van der Waals surface area contributed by atoms with Crippen LogP contribution < -0.4 is 10.6 Å². The van der Waals surface area contributed by atoms with Gasteiger partial charge in [-0.05, 0) is 48.5 Å². The van der Waals surface area contributed by atoms with Gasteiger partial charge in [0, 0.05) is 39.4 Å². The first kappa shape index (κ1) is 16.1. The van der Waals surface area contributed by atoms with Gasteiger partial charge in [-0.1, -0.05) is 41.4 Å². The summed E-state index contributed by atoms with van der Waals surface area (Å²) < 4.78 is 0. The number of halogens is 2. The highest BCUT2D eigenvalue weighted by Gasteiger charge is 2.04. The van der Waals surface area contributed by atoms with Crippen LogP contribution in [0.2, 0.25) is 10.0 Å². The molecule has 0 saturated carbocycles. The zero-order valence-electron chi connectivity index (χ0n) is 12.2. The minimum Gasteiger partial charge on any atom is -0.362 e. The summed E-state index contributed by atoms with van der Waals surface area (Å²) in [5.74, 6) is 0. The van der Waals surface area contributed by atoms with Gasteiger partial charge in [0.15, 0.2) is 5.11 Å². The van der Waals surface area contributed by atoms with Crippen molar-refractivity contribution >= 4 is 57.1 Å². The van der Waals surface area contributed by atoms with Crippen LogP contribution >= 0.6 is 35.4 Å². The first-order chi connectivity index (χ1) is 11.1. The highest BCUT2D eigenvalue weighted by molar-refractivity contribution is 7.80. The average molecular weight is 364 g/mol. The van der Waals surface area contributed by atoms with Crippen molar-refractivity contribution in [2.45, 2.75) is 6.42 Å². The molecule has 3 rings (SSSR count). The molecule has 0 aliphatic carbocycles. The number of fused-ring (bicyclic) bond motifs is 1. The van der Waals surface area contributed by atoms with Crippen molar-refractivity contribution in [1.29, 1.82) is 0 Å². The lowest BCUT2D eigenvalue weighted by atomic mass is 10.1. The Balaban J connectivity index is 1.55. The van der Waals surface area contributed by atoms with Crippen LogP contribution in [-0.4, -0.2) is 16.6 Å². The summed E-state index contributed by atoms with van der Waals surface area (Å²) in [4.78, 5) is 3.27. The van der Waals surface area contributed by atoms with E-state index in [1.807, 2.05) is 18.3 Å².